The largest absolute Gasteiger partial charge is 0.507 e. The number of carboxylic acid groups (broad SMARTS) is 2. The summed E-state index contributed by atoms with van der Waals surface area (Å²) in [6.07, 6.45) is -0.556. The van der Waals surface area contributed by atoms with Crippen LogP contribution in [0.25, 0.3) is 0 Å². The summed E-state index contributed by atoms with van der Waals surface area (Å²) >= 11 is 0. The molecule has 12 heteroatoms. The molecule has 0 aromatic heterocycles. The number of carboxylic acids is 2. The molecule has 0 saturated heterocycles. The zero-order valence-corrected chi connectivity index (χ0v) is 21.0. The van der Waals surface area contributed by atoms with Crippen molar-refractivity contribution in [2.45, 2.75) is 57.5 Å². The number of carbonyl (C=O) groups is 4. The Kier molecular flexibility index (Phi) is 8.94. The molecule has 0 aliphatic carbocycles. The molecule has 2 aromatic rings. The highest BCUT2D eigenvalue weighted by molar-refractivity contribution is 7.89. The summed E-state index contributed by atoms with van der Waals surface area (Å²) in [5.41, 5.74) is 0.206. The first-order valence-corrected chi connectivity index (χ1v) is 12.4. The van der Waals surface area contributed by atoms with E-state index in [0.717, 1.165) is 0 Å². The van der Waals surface area contributed by atoms with E-state index >= 15 is 0 Å². The molecule has 0 aliphatic heterocycles. The molecule has 0 heterocycles. The first-order chi connectivity index (χ1) is 16.7. The number of sulfonamides is 1. The zero-order valence-electron chi connectivity index (χ0n) is 20.2. The van der Waals surface area contributed by atoms with E-state index in [1.165, 1.54) is 44.2 Å². The van der Waals surface area contributed by atoms with Crippen LogP contribution in [0.3, 0.4) is 0 Å². The molecule has 1 atom stereocenters. The van der Waals surface area contributed by atoms with Gasteiger partial charge >= 0.3 is 11.9 Å². The van der Waals surface area contributed by atoms with E-state index in [2.05, 4.69) is 10.0 Å². The van der Waals surface area contributed by atoms with Gasteiger partial charge in [0.1, 0.15) is 11.3 Å². The monoisotopic (exact) mass is 520 g/mol. The van der Waals surface area contributed by atoms with E-state index in [-0.39, 0.29) is 34.0 Å². The van der Waals surface area contributed by atoms with Gasteiger partial charge in [0.2, 0.25) is 10.0 Å². The Balaban J connectivity index is 2.23. The number of benzene rings is 2. The fourth-order valence-corrected chi connectivity index (χ4v) is 4.79. The van der Waals surface area contributed by atoms with Crippen LogP contribution in [0, 0.1) is 6.92 Å². The number of aromatic hydroxyl groups is 1. The van der Waals surface area contributed by atoms with Crippen LogP contribution < -0.4 is 10.0 Å². The number of phenols is 1. The Bertz CT molecular complexity index is 1300. The zero-order chi connectivity index (χ0) is 27.4. The minimum Gasteiger partial charge on any atom is -0.507 e. The van der Waals surface area contributed by atoms with Crippen molar-refractivity contribution in [2.75, 3.05) is 0 Å². The van der Waals surface area contributed by atoms with Gasteiger partial charge in [0.25, 0.3) is 5.91 Å². The summed E-state index contributed by atoms with van der Waals surface area (Å²) in [5.74, 6) is -4.67. The normalized spacial score (nSPS) is 12.2. The molecule has 0 spiro atoms. The third-order valence-electron chi connectivity index (χ3n) is 5.52. The Morgan fingerprint density at radius 1 is 1.03 bits per heavy atom. The smallest absolute Gasteiger partial charge is 0.339 e. The Labute approximate surface area is 208 Å². The van der Waals surface area contributed by atoms with Gasteiger partial charge in [-0.25, -0.2) is 17.9 Å². The molecule has 0 fully saturated rings. The van der Waals surface area contributed by atoms with E-state index in [0.29, 0.717) is 5.56 Å². The van der Waals surface area contributed by atoms with Gasteiger partial charge in [-0.05, 0) is 54.7 Å². The second kappa shape index (κ2) is 11.3. The third kappa shape index (κ3) is 6.67. The molecule has 2 rings (SSSR count). The molecular weight excluding hydrogens is 492 g/mol. The number of nitrogens with one attached hydrogen (secondary N) is 2. The SMILES string of the molecule is CC(=O)C(CC(=O)O)NC(=O)c1ccc(CNS(=O)(=O)c2cc(C(C)C)c(O)c(C(=O)O)c2C)cc1. The van der Waals surface area contributed by atoms with Gasteiger partial charge in [-0.2, -0.15) is 0 Å². The van der Waals surface area contributed by atoms with Crippen molar-refractivity contribution in [3.63, 3.8) is 0 Å². The Hall–Kier alpha value is -3.77. The van der Waals surface area contributed by atoms with Crippen molar-refractivity contribution in [1.29, 1.82) is 0 Å². The molecule has 0 radical (unpaired) electrons. The molecule has 0 saturated carbocycles. The van der Waals surface area contributed by atoms with Crippen LogP contribution in [0.2, 0.25) is 0 Å². The molecule has 194 valence electrons. The van der Waals surface area contributed by atoms with Crippen LogP contribution in [0.1, 0.15) is 70.5 Å². The second-order valence-electron chi connectivity index (χ2n) is 8.53. The van der Waals surface area contributed by atoms with E-state index in [9.17, 15) is 37.8 Å². The van der Waals surface area contributed by atoms with Crippen molar-refractivity contribution in [3.05, 3.63) is 58.1 Å². The lowest BCUT2D eigenvalue weighted by atomic mass is 9.96. The standard InChI is InChI=1S/C24H28N2O9S/c1-12(2)17-9-19(13(3)21(22(17)30)24(32)33)36(34,35)25-11-15-5-7-16(8-6-15)23(31)26-18(14(4)27)10-20(28)29/h5-9,12,18,25,30H,10-11H2,1-4H3,(H,26,31)(H,28,29)(H,32,33). The number of hydrogen-bond acceptors (Lipinski definition) is 7. The highest BCUT2D eigenvalue weighted by Crippen LogP contribution is 2.35. The lowest BCUT2D eigenvalue weighted by Gasteiger charge is -2.17. The van der Waals surface area contributed by atoms with Crippen molar-refractivity contribution in [3.8, 4) is 5.75 Å². The van der Waals surface area contributed by atoms with Gasteiger partial charge in [0, 0.05) is 12.1 Å². The number of ketones is 1. The summed E-state index contributed by atoms with van der Waals surface area (Å²) < 4.78 is 28.4. The van der Waals surface area contributed by atoms with Crippen LogP contribution in [0.15, 0.2) is 35.2 Å². The number of hydrogen-bond donors (Lipinski definition) is 5. The lowest BCUT2D eigenvalue weighted by Crippen LogP contribution is -2.41. The molecule has 2 aromatic carbocycles. The average molecular weight is 521 g/mol. The minimum atomic E-state index is -4.18. The van der Waals surface area contributed by atoms with Crippen molar-refractivity contribution in [2.24, 2.45) is 0 Å². The third-order valence-corrected chi connectivity index (χ3v) is 7.05. The van der Waals surface area contributed by atoms with E-state index in [1.807, 2.05) is 0 Å². The maximum Gasteiger partial charge on any atom is 0.339 e. The topological polar surface area (TPSA) is 187 Å². The minimum absolute atomic E-state index is 0.106. The number of aromatic carboxylic acids is 1. The number of rotatable bonds is 11. The van der Waals surface area contributed by atoms with Crippen LogP contribution in [-0.4, -0.2) is 53.4 Å². The van der Waals surface area contributed by atoms with E-state index in [4.69, 9.17) is 5.11 Å². The number of amides is 1. The molecule has 1 unspecified atom stereocenters. The summed E-state index contributed by atoms with van der Waals surface area (Å²) in [4.78, 5) is 46.2. The molecular formula is C24H28N2O9S. The van der Waals surface area contributed by atoms with Gasteiger partial charge in [-0.3, -0.25) is 14.4 Å². The van der Waals surface area contributed by atoms with Gasteiger partial charge in [-0.1, -0.05) is 26.0 Å². The Morgan fingerprint density at radius 2 is 1.61 bits per heavy atom. The highest BCUT2D eigenvalue weighted by atomic mass is 32.2. The predicted molar refractivity (Wildman–Crippen MR) is 129 cm³/mol. The summed E-state index contributed by atoms with van der Waals surface area (Å²) in [6, 6.07) is 5.80. The van der Waals surface area contributed by atoms with Crippen LogP contribution >= 0.6 is 0 Å². The first-order valence-electron chi connectivity index (χ1n) is 10.9. The number of aliphatic carboxylic acids is 1. The Morgan fingerprint density at radius 3 is 2.08 bits per heavy atom. The maximum absolute atomic E-state index is 13.0. The molecule has 36 heavy (non-hydrogen) atoms. The van der Waals surface area contributed by atoms with Gasteiger partial charge in [0.15, 0.2) is 5.78 Å². The second-order valence-corrected chi connectivity index (χ2v) is 10.3. The lowest BCUT2D eigenvalue weighted by molar-refractivity contribution is -0.139. The van der Waals surface area contributed by atoms with Crippen molar-refractivity contribution < 1.29 is 42.9 Å². The highest BCUT2D eigenvalue weighted by Gasteiger charge is 2.27. The van der Waals surface area contributed by atoms with Gasteiger partial charge in [0.05, 0.1) is 17.4 Å². The quantitative estimate of drug-likeness (QED) is 0.296. The molecule has 0 bridgehead atoms. The molecule has 0 aliphatic rings. The van der Waals surface area contributed by atoms with Crippen molar-refractivity contribution >= 4 is 33.7 Å². The van der Waals surface area contributed by atoms with Gasteiger partial charge in [-0.15, -0.1) is 0 Å². The van der Waals surface area contributed by atoms with Crippen LogP contribution in [-0.2, 0) is 26.2 Å². The maximum atomic E-state index is 13.0. The summed E-state index contributed by atoms with van der Waals surface area (Å²) in [5, 5.41) is 31.0. The molecule has 1 amide bonds. The fourth-order valence-electron chi connectivity index (χ4n) is 3.49. The first kappa shape index (κ1) is 28.5. The van der Waals surface area contributed by atoms with Crippen LogP contribution in [0.5, 0.6) is 5.75 Å². The number of carbonyl (C=O) groups excluding carboxylic acids is 2. The predicted octanol–water partition coefficient (Wildman–Crippen LogP) is 2.16. The summed E-state index contributed by atoms with van der Waals surface area (Å²) in [7, 11) is -4.18. The van der Waals surface area contributed by atoms with E-state index in [1.54, 1.807) is 13.8 Å². The van der Waals surface area contributed by atoms with Crippen LogP contribution in [0.4, 0.5) is 0 Å². The molecule has 11 nitrogen and oxygen atoms in total. The fraction of sp³-hybridized carbons (Fsp3) is 0.333. The van der Waals surface area contributed by atoms with E-state index < -0.39 is 57.4 Å². The average Bonchev–Trinajstić information content (AvgIpc) is 2.76. The summed E-state index contributed by atoms with van der Waals surface area (Å²) in [6.45, 7) is 5.67. The van der Waals surface area contributed by atoms with Crippen molar-refractivity contribution in [1.82, 2.24) is 10.0 Å². The number of Topliss-reactive ketones (excluding diaryl/α,β-unsaturated/α-hetero) is 1. The van der Waals surface area contributed by atoms with Gasteiger partial charge < -0.3 is 20.6 Å². The molecule has 5 N–H and O–H groups in total.